The number of fused-ring (bicyclic) bond motifs is 1. The molecule has 3 N–H and O–H groups in total. The Hall–Kier alpha value is -3.34. The number of nitrogens with one attached hydrogen (secondary N) is 1. The topological polar surface area (TPSA) is 151 Å². The highest BCUT2D eigenvalue weighted by Crippen LogP contribution is 2.31. The first kappa shape index (κ1) is 20.9. The van der Waals surface area contributed by atoms with Crippen LogP contribution in [-0.4, -0.2) is 72.3 Å². The van der Waals surface area contributed by atoms with Crippen molar-refractivity contribution in [3.8, 4) is 0 Å². The molecule has 11 heteroatoms. The monoisotopic (exact) mass is 428 g/mol. The van der Waals surface area contributed by atoms with Gasteiger partial charge in [-0.3, -0.25) is 4.79 Å². The molecule has 1 aliphatic carbocycles. The molecule has 4 rings (SSSR count). The van der Waals surface area contributed by atoms with E-state index in [9.17, 15) is 19.5 Å². The minimum Gasteiger partial charge on any atom is -0.478 e. The number of hydrogen-bond acceptors (Lipinski definition) is 7. The molecule has 0 aromatic carbocycles. The first-order valence-corrected chi connectivity index (χ1v) is 10.4. The van der Waals surface area contributed by atoms with Crippen molar-refractivity contribution in [2.24, 2.45) is 5.92 Å². The fourth-order valence-corrected chi connectivity index (χ4v) is 3.93. The molecule has 2 aromatic rings. The number of carbonyl (C=O) groups is 3. The molecule has 31 heavy (non-hydrogen) atoms. The molecule has 1 saturated carbocycles. The largest absolute Gasteiger partial charge is 0.478 e. The van der Waals surface area contributed by atoms with E-state index >= 15 is 0 Å². The van der Waals surface area contributed by atoms with Gasteiger partial charge in [0.25, 0.3) is 0 Å². The molecule has 1 aliphatic heterocycles. The zero-order valence-corrected chi connectivity index (χ0v) is 17.0. The quantitative estimate of drug-likeness (QED) is 0.527. The van der Waals surface area contributed by atoms with Crippen molar-refractivity contribution in [1.82, 2.24) is 24.6 Å². The molecule has 0 unspecified atom stereocenters. The number of rotatable bonds is 8. The second-order valence-electron chi connectivity index (χ2n) is 7.86. The molecule has 0 radical (unpaired) electrons. The number of carbonyl (C=O) groups excluding carboxylic acids is 1. The van der Waals surface area contributed by atoms with Gasteiger partial charge in [-0.05, 0) is 38.8 Å². The molecule has 2 aromatic heterocycles. The number of aliphatic carboxylic acids is 2. The average Bonchev–Trinajstić information content (AvgIpc) is 3.31. The van der Waals surface area contributed by atoms with E-state index in [1.807, 2.05) is 0 Å². The Morgan fingerprint density at radius 3 is 2.45 bits per heavy atom. The summed E-state index contributed by atoms with van der Waals surface area (Å²) in [6.45, 7) is 3.13. The fourth-order valence-electron chi connectivity index (χ4n) is 3.93. The van der Waals surface area contributed by atoms with Crippen LogP contribution in [0.15, 0.2) is 12.4 Å². The van der Waals surface area contributed by atoms with Gasteiger partial charge < -0.3 is 20.4 Å². The summed E-state index contributed by atoms with van der Waals surface area (Å²) in [5, 5.41) is 26.2. The van der Waals surface area contributed by atoms with Gasteiger partial charge in [-0.15, -0.1) is 0 Å². The van der Waals surface area contributed by atoms with Crippen LogP contribution >= 0.6 is 0 Å². The lowest BCUT2D eigenvalue weighted by atomic mass is 9.85. The lowest BCUT2D eigenvalue weighted by Crippen LogP contribution is -2.28. The summed E-state index contributed by atoms with van der Waals surface area (Å²) in [6.07, 6.45) is 6.73. The summed E-state index contributed by atoms with van der Waals surface area (Å²) in [6, 6.07) is 0. The fraction of sp³-hybridized carbons (Fsp3) is 0.500. The normalized spacial score (nSPS) is 17.6. The van der Waals surface area contributed by atoms with Gasteiger partial charge in [-0.1, -0.05) is 6.42 Å². The molecular formula is C20H24N6O5. The number of amides is 1. The van der Waals surface area contributed by atoms with Crippen molar-refractivity contribution in [1.29, 1.82) is 0 Å². The molecule has 2 fully saturated rings. The van der Waals surface area contributed by atoms with Gasteiger partial charge in [0.15, 0.2) is 5.65 Å². The zero-order chi connectivity index (χ0) is 22.0. The summed E-state index contributed by atoms with van der Waals surface area (Å²) in [5.74, 6) is -3.00. The molecule has 1 amide bonds. The third kappa shape index (κ3) is 4.41. The third-order valence-corrected chi connectivity index (χ3v) is 5.83. The van der Waals surface area contributed by atoms with Crippen molar-refractivity contribution in [2.75, 3.05) is 25.0 Å². The maximum absolute atomic E-state index is 12.5. The van der Waals surface area contributed by atoms with E-state index in [-0.39, 0.29) is 28.7 Å². The van der Waals surface area contributed by atoms with Crippen LogP contribution in [0.1, 0.15) is 37.8 Å². The Kier molecular flexibility index (Phi) is 5.94. The van der Waals surface area contributed by atoms with Crippen LogP contribution in [0.4, 0.5) is 5.82 Å². The van der Waals surface area contributed by atoms with Gasteiger partial charge in [-0.25, -0.2) is 24.2 Å². The molecule has 0 atom stereocenters. The van der Waals surface area contributed by atoms with Crippen LogP contribution < -0.4 is 5.32 Å². The Bertz CT molecular complexity index is 1050. The van der Waals surface area contributed by atoms with Gasteiger partial charge in [0.05, 0.1) is 17.5 Å². The summed E-state index contributed by atoms with van der Waals surface area (Å²) in [5.41, 5.74) is -0.215. The van der Waals surface area contributed by atoms with Crippen LogP contribution in [0.5, 0.6) is 0 Å². The first-order valence-electron chi connectivity index (χ1n) is 10.4. The highest BCUT2D eigenvalue weighted by atomic mass is 16.4. The molecule has 2 aliphatic rings. The number of hydrogen-bond donors (Lipinski definition) is 3. The maximum Gasteiger partial charge on any atom is 0.338 e. The van der Waals surface area contributed by atoms with E-state index in [0.717, 1.165) is 45.2 Å². The molecular weight excluding hydrogens is 404 g/mol. The minimum atomic E-state index is -1.44. The van der Waals surface area contributed by atoms with E-state index in [0.29, 0.717) is 24.8 Å². The standard InChI is InChI=1S/C20H24N6O5/c27-14(28)10-13(20(30)31)16-15-17(23-19(29)12-4-3-5-12)21-11-22-18(15)26(24-16)9-8-25-6-1-2-7-25/h10-12H,1-9H2,(H,27,28)(H,30,31)(H,21,22,23,29)/b13-10-. The van der Waals surface area contributed by atoms with Crippen LogP contribution in [0, 0.1) is 5.92 Å². The van der Waals surface area contributed by atoms with Crippen molar-refractivity contribution < 1.29 is 24.6 Å². The Labute approximate surface area is 177 Å². The third-order valence-electron chi connectivity index (χ3n) is 5.83. The van der Waals surface area contributed by atoms with E-state index in [1.165, 1.54) is 6.33 Å². The molecule has 0 spiro atoms. The van der Waals surface area contributed by atoms with Crippen LogP contribution in [0.3, 0.4) is 0 Å². The van der Waals surface area contributed by atoms with E-state index < -0.39 is 17.5 Å². The molecule has 0 bridgehead atoms. The van der Waals surface area contributed by atoms with Crippen molar-refractivity contribution in [2.45, 2.75) is 38.6 Å². The predicted molar refractivity (Wildman–Crippen MR) is 110 cm³/mol. The first-order chi connectivity index (χ1) is 14.9. The van der Waals surface area contributed by atoms with E-state index in [1.54, 1.807) is 4.68 Å². The highest BCUT2D eigenvalue weighted by molar-refractivity contribution is 6.23. The number of likely N-dealkylation sites (tertiary alicyclic amines) is 1. The van der Waals surface area contributed by atoms with Gasteiger partial charge in [-0.2, -0.15) is 5.10 Å². The SMILES string of the molecule is O=C(O)/C=C(\C(=O)O)c1nn(CCN2CCCC2)c2ncnc(NC(=O)C3CCC3)c12. The number of aromatic nitrogens is 4. The highest BCUT2D eigenvalue weighted by Gasteiger charge is 2.29. The summed E-state index contributed by atoms with van der Waals surface area (Å²) in [7, 11) is 0. The van der Waals surface area contributed by atoms with Gasteiger partial charge in [0.2, 0.25) is 5.91 Å². The lowest BCUT2D eigenvalue weighted by molar-refractivity contribution is -0.133. The Morgan fingerprint density at radius 1 is 1.10 bits per heavy atom. The van der Waals surface area contributed by atoms with Crippen LogP contribution in [0.25, 0.3) is 16.6 Å². The lowest BCUT2D eigenvalue weighted by Gasteiger charge is -2.23. The van der Waals surface area contributed by atoms with E-state index in [4.69, 9.17) is 5.11 Å². The number of nitrogens with zero attached hydrogens (tertiary/aromatic N) is 5. The van der Waals surface area contributed by atoms with E-state index in [2.05, 4.69) is 25.3 Å². The van der Waals surface area contributed by atoms with Gasteiger partial charge in [0, 0.05) is 18.5 Å². The number of anilines is 1. The minimum absolute atomic E-state index is 0.0733. The molecule has 3 heterocycles. The summed E-state index contributed by atoms with van der Waals surface area (Å²) in [4.78, 5) is 46.3. The van der Waals surface area contributed by atoms with Crippen molar-refractivity contribution in [3.63, 3.8) is 0 Å². The molecule has 1 saturated heterocycles. The number of carboxylic acid groups (broad SMARTS) is 2. The number of carboxylic acids is 2. The van der Waals surface area contributed by atoms with Gasteiger partial charge in [0.1, 0.15) is 17.8 Å². The summed E-state index contributed by atoms with van der Waals surface area (Å²) >= 11 is 0. The zero-order valence-electron chi connectivity index (χ0n) is 17.0. The smallest absolute Gasteiger partial charge is 0.338 e. The average molecular weight is 428 g/mol. The maximum atomic E-state index is 12.5. The van der Waals surface area contributed by atoms with Crippen LogP contribution in [-0.2, 0) is 20.9 Å². The second-order valence-corrected chi connectivity index (χ2v) is 7.86. The molecule has 11 nitrogen and oxygen atoms in total. The Morgan fingerprint density at radius 2 is 1.84 bits per heavy atom. The van der Waals surface area contributed by atoms with Crippen molar-refractivity contribution >= 4 is 40.3 Å². The Balaban J connectivity index is 1.77. The predicted octanol–water partition coefficient (Wildman–Crippen LogP) is 1.21. The van der Waals surface area contributed by atoms with Crippen molar-refractivity contribution in [3.05, 3.63) is 18.1 Å². The molecule has 164 valence electrons. The van der Waals surface area contributed by atoms with Gasteiger partial charge >= 0.3 is 11.9 Å². The summed E-state index contributed by atoms with van der Waals surface area (Å²) < 4.78 is 1.56. The van der Waals surface area contributed by atoms with Crippen LogP contribution in [0.2, 0.25) is 0 Å². The second kappa shape index (κ2) is 8.80.